The molecule has 1 unspecified atom stereocenters. The van der Waals surface area contributed by atoms with Crippen molar-refractivity contribution < 1.29 is 23.9 Å². The average Bonchev–Trinajstić information content (AvgIpc) is 3.46. The molecular formula is C25H25N5O6. The SMILES string of the molecule is Cc1c(NC(=O)CN2C(=O)NC(C)(Cc3ccc4c(c3)OCO4)C2=O)c(=O)n(-c2ccccc2)n1C. The first-order chi connectivity index (χ1) is 17.2. The summed E-state index contributed by atoms with van der Waals surface area (Å²) >= 11 is 0. The maximum atomic E-state index is 13.2. The lowest BCUT2D eigenvalue weighted by Crippen LogP contribution is -2.46. The summed E-state index contributed by atoms with van der Waals surface area (Å²) in [4.78, 5) is 52.6. The van der Waals surface area contributed by atoms with Crippen molar-refractivity contribution in [2.24, 2.45) is 7.05 Å². The van der Waals surface area contributed by atoms with Crippen molar-refractivity contribution in [3.05, 3.63) is 70.1 Å². The van der Waals surface area contributed by atoms with Gasteiger partial charge in [-0.05, 0) is 43.7 Å². The zero-order chi connectivity index (χ0) is 25.6. The Labute approximate surface area is 206 Å². The molecular weight excluding hydrogens is 466 g/mol. The summed E-state index contributed by atoms with van der Waals surface area (Å²) in [6.07, 6.45) is 0.200. The van der Waals surface area contributed by atoms with Gasteiger partial charge in [-0.15, -0.1) is 0 Å². The fourth-order valence-corrected chi connectivity index (χ4v) is 4.50. The van der Waals surface area contributed by atoms with Gasteiger partial charge in [0.15, 0.2) is 11.5 Å². The first-order valence-electron chi connectivity index (χ1n) is 11.3. The van der Waals surface area contributed by atoms with Crippen LogP contribution in [0.5, 0.6) is 11.5 Å². The summed E-state index contributed by atoms with van der Waals surface area (Å²) < 4.78 is 13.8. The van der Waals surface area contributed by atoms with Crippen LogP contribution in [0.3, 0.4) is 0 Å². The van der Waals surface area contributed by atoms with E-state index < -0.39 is 35.5 Å². The van der Waals surface area contributed by atoms with Gasteiger partial charge in [0.05, 0.1) is 11.4 Å². The first-order valence-corrected chi connectivity index (χ1v) is 11.3. The molecule has 36 heavy (non-hydrogen) atoms. The molecule has 2 aliphatic heterocycles. The Balaban J connectivity index is 1.31. The maximum absolute atomic E-state index is 13.2. The fraction of sp³-hybridized carbons (Fsp3) is 0.280. The molecule has 1 aromatic heterocycles. The molecule has 1 fully saturated rings. The van der Waals surface area contributed by atoms with E-state index in [-0.39, 0.29) is 18.9 Å². The van der Waals surface area contributed by atoms with Gasteiger partial charge in [0.25, 0.3) is 11.5 Å². The lowest BCUT2D eigenvalue weighted by Gasteiger charge is -2.21. The molecule has 186 valence electrons. The number of urea groups is 1. The molecule has 1 saturated heterocycles. The molecule has 3 heterocycles. The molecule has 4 amide bonds. The third-order valence-electron chi connectivity index (χ3n) is 6.46. The number of carbonyl (C=O) groups excluding carboxylic acids is 3. The number of imide groups is 1. The normalized spacial score (nSPS) is 18.5. The van der Waals surface area contributed by atoms with Gasteiger partial charge in [0, 0.05) is 13.5 Å². The van der Waals surface area contributed by atoms with Gasteiger partial charge in [0.1, 0.15) is 17.8 Å². The first kappa shape index (κ1) is 23.2. The summed E-state index contributed by atoms with van der Waals surface area (Å²) in [7, 11) is 1.71. The van der Waals surface area contributed by atoms with Crippen LogP contribution in [0.1, 0.15) is 18.2 Å². The van der Waals surface area contributed by atoms with Gasteiger partial charge in [0.2, 0.25) is 12.7 Å². The molecule has 11 nitrogen and oxygen atoms in total. The monoisotopic (exact) mass is 491 g/mol. The fourth-order valence-electron chi connectivity index (χ4n) is 4.50. The molecule has 5 rings (SSSR count). The summed E-state index contributed by atoms with van der Waals surface area (Å²) in [6, 6.07) is 13.6. The van der Waals surface area contributed by atoms with Gasteiger partial charge in [-0.3, -0.25) is 24.0 Å². The number of rotatable bonds is 6. The number of para-hydroxylation sites is 1. The number of anilines is 1. The number of aromatic nitrogens is 2. The highest BCUT2D eigenvalue weighted by Crippen LogP contribution is 2.34. The predicted octanol–water partition coefficient (Wildman–Crippen LogP) is 1.70. The molecule has 0 saturated carbocycles. The minimum atomic E-state index is -1.24. The van der Waals surface area contributed by atoms with Crippen molar-refractivity contribution >= 4 is 23.5 Å². The molecule has 0 spiro atoms. The average molecular weight is 492 g/mol. The largest absolute Gasteiger partial charge is 0.454 e. The Bertz CT molecular complexity index is 1440. The van der Waals surface area contributed by atoms with Crippen LogP contribution in [0.25, 0.3) is 5.69 Å². The van der Waals surface area contributed by atoms with E-state index in [0.717, 1.165) is 10.5 Å². The molecule has 0 aliphatic carbocycles. The number of hydrogen-bond donors (Lipinski definition) is 2. The van der Waals surface area contributed by atoms with E-state index in [0.29, 0.717) is 22.9 Å². The number of nitrogens with zero attached hydrogens (tertiary/aromatic N) is 3. The van der Waals surface area contributed by atoms with Crippen LogP contribution in [0.15, 0.2) is 53.3 Å². The lowest BCUT2D eigenvalue weighted by atomic mass is 9.92. The zero-order valence-corrected chi connectivity index (χ0v) is 20.0. The van der Waals surface area contributed by atoms with E-state index in [1.54, 1.807) is 68.0 Å². The van der Waals surface area contributed by atoms with Crippen molar-refractivity contribution in [1.82, 2.24) is 19.6 Å². The molecule has 2 aromatic carbocycles. The number of carbonyl (C=O) groups is 3. The van der Waals surface area contributed by atoms with Crippen LogP contribution in [0, 0.1) is 6.92 Å². The van der Waals surface area contributed by atoms with Crippen molar-refractivity contribution in [1.29, 1.82) is 0 Å². The Morgan fingerprint density at radius 2 is 1.81 bits per heavy atom. The number of fused-ring (bicyclic) bond motifs is 1. The van der Waals surface area contributed by atoms with E-state index in [1.165, 1.54) is 4.68 Å². The molecule has 2 aliphatic rings. The van der Waals surface area contributed by atoms with Crippen molar-refractivity contribution in [2.45, 2.75) is 25.8 Å². The van der Waals surface area contributed by atoms with E-state index in [4.69, 9.17) is 9.47 Å². The maximum Gasteiger partial charge on any atom is 0.325 e. The van der Waals surface area contributed by atoms with Crippen LogP contribution in [-0.2, 0) is 23.1 Å². The lowest BCUT2D eigenvalue weighted by molar-refractivity contribution is -0.133. The Kier molecular flexibility index (Phi) is 5.54. The van der Waals surface area contributed by atoms with Crippen LogP contribution < -0.4 is 25.7 Å². The van der Waals surface area contributed by atoms with E-state index in [2.05, 4.69) is 10.6 Å². The second-order valence-electron chi connectivity index (χ2n) is 9.00. The topological polar surface area (TPSA) is 124 Å². The third-order valence-corrected chi connectivity index (χ3v) is 6.46. The van der Waals surface area contributed by atoms with Crippen molar-refractivity contribution in [3.63, 3.8) is 0 Å². The second-order valence-corrected chi connectivity index (χ2v) is 9.00. The molecule has 11 heteroatoms. The summed E-state index contributed by atoms with van der Waals surface area (Å²) in [5, 5.41) is 5.27. The minimum absolute atomic E-state index is 0.0847. The summed E-state index contributed by atoms with van der Waals surface area (Å²) in [5.41, 5.74) is 0.362. The highest BCUT2D eigenvalue weighted by Gasteiger charge is 2.48. The van der Waals surface area contributed by atoms with E-state index in [1.807, 2.05) is 6.07 Å². The number of nitrogens with one attached hydrogen (secondary N) is 2. The molecule has 3 aromatic rings. The molecule has 0 bridgehead atoms. The van der Waals surface area contributed by atoms with E-state index in [9.17, 15) is 19.2 Å². The standard InChI is InChI=1S/C25H25N5O6/c1-15-21(22(32)30(28(15)3)17-7-5-4-6-8-17)26-20(31)13-29-23(33)25(2,27-24(29)34)12-16-9-10-18-19(11-16)36-14-35-18/h4-11H,12-14H2,1-3H3,(H,26,31)(H,27,34). The van der Waals surface area contributed by atoms with Crippen molar-refractivity contribution in [2.75, 3.05) is 18.7 Å². The Morgan fingerprint density at radius 3 is 2.56 bits per heavy atom. The minimum Gasteiger partial charge on any atom is -0.454 e. The smallest absolute Gasteiger partial charge is 0.325 e. The number of benzene rings is 2. The van der Waals surface area contributed by atoms with Crippen LogP contribution in [0.4, 0.5) is 10.5 Å². The van der Waals surface area contributed by atoms with Crippen molar-refractivity contribution in [3.8, 4) is 17.2 Å². The van der Waals surface area contributed by atoms with Gasteiger partial charge < -0.3 is 20.1 Å². The molecule has 2 N–H and O–H groups in total. The van der Waals surface area contributed by atoms with E-state index >= 15 is 0 Å². The Hall–Kier alpha value is -4.54. The van der Waals surface area contributed by atoms with Gasteiger partial charge in [-0.25, -0.2) is 9.48 Å². The van der Waals surface area contributed by atoms with Crippen LogP contribution >= 0.6 is 0 Å². The highest BCUT2D eigenvalue weighted by atomic mass is 16.7. The molecule has 1 atom stereocenters. The number of amides is 4. The number of ether oxygens (including phenoxy) is 2. The third kappa shape index (κ3) is 3.88. The van der Waals surface area contributed by atoms with Crippen LogP contribution in [0.2, 0.25) is 0 Å². The van der Waals surface area contributed by atoms with Gasteiger partial charge in [-0.2, -0.15) is 0 Å². The summed E-state index contributed by atoms with van der Waals surface area (Å²) in [5.74, 6) is -0.00125. The zero-order valence-electron chi connectivity index (χ0n) is 20.0. The van der Waals surface area contributed by atoms with Gasteiger partial charge in [-0.1, -0.05) is 24.3 Å². The quantitative estimate of drug-likeness (QED) is 0.506. The van der Waals surface area contributed by atoms with Gasteiger partial charge >= 0.3 is 6.03 Å². The highest BCUT2D eigenvalue weighted by molar-refractivity contribution is 6.10. The second kappa shape index (κ2) is 8.59. The Morgan fingerprint density at radius 1 is 1.08 bits per heavy atom. The van der Waals surface area contributed by atoms with Crippen LogP contribution in [-0.4, -0.2) is 51.0 Å². The molecule has 0 radical (unpaired) electrons. The number of hydrogen-bond acceptors (Lipinski definition) is 6. The predicted molar refractivity (Wildman–Crippen MR) is 129 cm³/mol. The summed E-state index contributed by atoms with van der Waals surface area (Å²) in [6.45, 7) is 2.91.